The van der Waals surface area contributed by atoms with E-state index in [2.05, 4.69) is 22.4 Å². The van der Waals surface area contributed by atoms with Crippen molar-refractivity contribution in [2.45, 2.75) is 20.8 Å². The molecular formula is C17H14N4. The van der Waals surface area contributed by atoms with E-state index in [0.29, 0.717) is 16.8 Å². The maximum Gasteiger partial charge on any atom is 0.121 e. The molecule has 0 aliphatic heterocycles. The Hall–Kier alpha value is -2.98. The van der Waals surface area contributed by atoms with E-state index in [1.807, 2.05) is 39.0 Å². The van der Waals surface area contributed by atoms with Gasteiger partial charge in [0.25, 0.3) is 0 Å². The monoisotopic (exact) mass is 274 g/mol. The van der Waals surface area contributed by atoms with Gasteiger partial charge in [-0.3, -0.25) is 0 Å². The fourth-order valence-electron chi connectivity index (χ4n) is 2.08. The van der Waals surface area contributed by atoms with E-state index < -0.39 is 0 Å². The lowest BCUT2D eigenvalue weighted by Gasteiger charge is -2.03. The van der Waals surface area contributed by atoms with E-state index in [4.69, 9.17) is 0 Å². The third-order valence-corrected chi connectivity index (χ3v) is 3.11. The van der Waals surface area contributed by atoms with Crippen molar-refractivity contribution in [3.63, 3.8) is 0 Å². The smallest absolute Gasteiger partial charge is 0.121 e. The minimum atomic E-state index is 0.325. The van der Waals surface area contributed by atoms with E-state index in [9.17, 15) is 10.5 Å². The first-order valence-corrected chi connectivity index (χ1v) is 6.49. The summed E-state index contributed by atoms with van der Waals surface area (Å²) in [5.74, 6) is 0. The van der Waals surface area contributed by atoms with Gasteiger partial charge in [-0.25, -0.2) is 0 Å². The molecule has 0 aliphatic carbocycles. The average molecular weight is 274 g/mol. The predicted octanol–water partition coefficient (Wildman–Crippen LogP) is 4.77. The maximum atomic E-state index is 9.19. The van der Waals surface area contributed by atoms with E-state index in [1.54, 1.807) is 12.1 Å². The van der Waals surface area contributed by atoms with Gasteiger partial charge in [-0.15, -0.1) is 5.11 Å². The van der Waals surface area contributed by atoms with Crippen molar-refractivity contribution in [3.8, 4) is 12.1 Å². The summed E-state index contributed by atoms with van der Waals surface area (Å²) >= 11 is 0. The van der Waals surface area contributed by atoms with Crippen LogP contribution in [-0.4, -0.2) is 0 Å². The molecule has 0 amide bonds. The predicted molar refractivity (Wildman–Crippen MR) is 80.7 cm³/mol. The molecule has 21 heavy (non-hydrogen) atoms. The van der Waals surface area contributed by atoms with Crippen LogP contribution < -0.4 is 0 Å². The van der Waals surface area contributed by atoms with Gasteiger partial charge < -0.3 is 0 Å². The zero-order valence-electron chi connectivity index (χ0n) is 12.2. The van der Waals surface area contributed by atoms with Crippen molar-refractivity contribution >= 4 is 11.4 Å². The average Bonchev–Trinajstić information content (AvgIpc) is 2.46. The molecule has 4 nitrogen and oxygen atoms in total. The molecule has 102 valence electrons. The van der Waals surface area contributed by atoms with E-state index >= 15 is 0 Å². The lowest BCUT2D eigenvalue weighted by atomic mass is 10.1. The van der Waals surface area contributed by atoms with Crippen molar-refractivity contribution in [1.82, 2.24) is 0 Å². The SMILES string of the molecule is Cc1ccc(N=Nc2c(C#N)cc(C)cc2C#N)c(C)c1. The number of nitriles is 2. The summed E-state index contributed by atoms with van der Waals surface area (Å²) in [6, 6.07) is 13.4. The molecule has 0 bridgehead atoms. The molecule has 0 radical (unpaired) electrons. The Bertz CT molecular complexity index is 770. The van der Waals surface area contributed by atoms with Crippen molar-refractivity contribution < 1.29 is 0 Å². The molecule has 2 rings (SSSR count). The van der Waals surface area contributed by atoms with Gasteiger partial charge in [-0.2, -0.15) is 15.6 Å². The van der Waals surface area contributed by atoms with Gasteiger partial charge >= 0.3 is 0 Å². The molecule has 0 aliphatic rings. The lowest BCUT2D eigenvalue weighted by Crippen LogP contribution is -1.85. The highest BCUT2D eigenvalue weighted by molar-refractivity contribution is 5.64. The topological polar surface area (TPSA) is 72.3 Å². The van der Waals surface area contributed by atoms with Crippen molar-refractivity contribution in [2.24, 2.45) is 10.2 Å². The van der Waals surface area contributed by atoms with Crippen LogP contribution in [0.15, 0.2) is 40.6 Å². The van der Waals surface area contributed by atoms with Crippen LogP contribution in [0.1, 0.15) is 27.8 Å². The van der Waals surface area contributed by atoms with Crippen LogP contribution in [0.3, 0.4) is 0 Å². The molecule has 2 aromatic rings. The van der Waals surface area contributed by atoms with Gasteiger partial charge in [-0.05, 0) is 50.1 Å². The highest BCUT2D eigenvalue weighted by Gasteiger charge is 2.09. The summed E-state index contributed by atoms with van der Waals surface area (Å²) in [5, 5.41) is 26.7. The van der Waals surface area contributed by atoms with Crippen LogP contribution in [0.4, 0.5) is 11.4 Å². The minimum Gasteiger partial charge on any atom is -0.192 e. The fourth-order valence-corrected chi connectivity index (χ4v) is 2.08. The van der Waals surface area contributed by atoms with E-state index in [0.717, 1.165) is 22.4 Å². The number of azo groups is 1. The first-order chi connectivity index (χ1) is 10.0. The maximum absolute atomic E-state index is 9.19. The molecule has 0 saturated heterocycles. The van der Waals surface area contributed by atoms with Crippen LogP contribution in [0.2, 0.25) is 0 Å². The third-order valence-electron chi connectivity index (χ3n) is 3.11. The molecular weight excluding hydrogens is 260 g/mol. The van der Waals surface area contributed by atoms with Gasteiger partial charge in [-0.1, -0.05) is 17.7 Å². The summed E-state index contributed by atoms with van der Waals surface area (Å²) in [7, 11) is 0. The number of hydrogen-bond acceptors (Lipinski definition) is 4. The van der Waals surface area contributed by atoms with Crippen LogP contribution in [0, 0.1) is 43.4 Å². The Morgan fingerprint density at radius 1 is 0.810 bits per heavy atom. The molecule has 0 fully saturated rings. The standard InChI is InChI=1S/C17H14N4/c1-11-4-5-16(13(3)6-11)20-21-17-14(9-18)7-12(2)8-15(17)10-19/h4-8H,1-3H3. The summed E-state index contributed by atoms with van der Waals surface area (Å²) in [6.45, 7) is 5.80. The molecule has 0 aromatic heterocycles. The second-order valence-electron chi connectivity index (χ2n) is 4.92. The first-order valence-electron chi connectivity index (χ1n) is 6.49. The summed E-state index contributed by atoms with van der Waals surface area (Å²) in [6.07, 6.45) is 0. The summed E-state index contributed by atoms with van der Waals surface area (Å²) in [4.78, 5) is 0. The van der Waals surface area contributed by atoms with Crippen LogP contribution in [0.25, 0.3) is 0 Å². The number of nitrogens with zero attached hydrogens (tertiary/aromatic N) is 4. The van der Waals surface area contributed by atoms with Crippen molar-refractivity contribution in [3.05, 3.63) is 58.1 Å². The van der Waals surface area contributed by atoms with Crippen LogP contribution in [-0.2, 0) is 0 Å². The first kappa shape index (κ1) is 14.4. The molecule has 0 unspecified atom stereocenters. The Kier molecular flexibility index (Phi) is 4.11. The Morgan fingerprint density at radius 3 is 1.95 bits per heavy atom. The van der Waals surface area contributed by atoms with Gasteiger partial charge in [0.2, 0.25) is 0 Å². The van der Waals surface area contributed by atoms with Crippen molar-refractivity contribution in [2.75, 3.05) is 0 Å². The lowest BCUT2D eigenvalue weighted by molar-refractivity contribution is 1.19. The van der Waals surface area contributed by atoms with Gasteiger partial charge in [0.15, 0.2) is 0 Å². The molecule has 4 heteroatoms. The normalized spacial score (nSPS) is 10.3. The zero-order chi connectivity index (χ0) is 15.4. The number of aryl methyl sites for hydroxylation is 3. The number of rotatable bonds is 2. The third kappa shape index (κ3) is 3.13. The van der Waals surface area contributed by atoms with E-state index in [-0.39, 0.29) is 0 Å². The zero-order valence-corrected chi connectivity index (χ0v) is 12.2. The molecule has 0 spiro atoms. The van der Waals surface area contributed by atoms with Crippen LogP contribution in [0.5, 0.6) is 0 Å². The molecule has 0 heterocycles. The molecule has 0 saturated carbocycles. The second kappa shape index (κ2) is 5.98. The Morgan fingerprint density at radius 2 is 1.43 bits per heavy atom. The largest absolute Gasteiger partial charge is 0.192 e. The molecule has 0 atom stereocenters. The quantitative estimate of drug-likeness (QED) is 0.740. The second-order valence-corrected chi connectivity index (χ2v) is 4.92. The van der Waals surface area contributed by atoms with Gasteiger partial charge in [0.05, 0.1) is 16.8 Å². The number of benzene rings is 2. The Balaban J connectivity index is 2.51. The van der Waals surface area contributed by atoms with Gasteiger partial charge in [0.1, 0.15) is 17.8 Å². The molecule has 2 aromatic carbocycles. The highest BCUT2D eigenvalue weighted by Crippen LogP contribution is 2.28. The highest BCUT2D eigenvalue weighted by atomic mass is 15.1. The van der Waals surface area contributed by atoms with Gasteiger partial charge in [0, 0.05) is 0 Å². The van der Waals surface area contributed by atoms with Crippen molar-refractivity contribution in [1.29, 1.82) is 10.5 Å². The Labute approximate surface area is 124 Å². The number of hydrogen-bond donors (Lipinski definition) is 0. The summed E-state index contributed by atoms with van der Waals surface area (Å²) < 4.78 is 0. The van der Waals surface area contributed by atoms with Crippen LogP contribution >= 0.6 is 0 Å². The summed E-state index contributed by atoms with van der Waals surface area (Å²) in [5.41, 5.74) is 4.79. The fraction of sp³-hybridized carbons (Fsp3) is 0.176. The van der Waals surface area contributed by atoms with E-state index in [1.165, 1.54) is 0 Å². The molecule has 0 N–H and O–H groups in total. The minimum absolute atomic E-state index is 0.325.